The van der Waals surface area contributed by atoms with Crippen LogP contribution in [-0.2, 0) is 7.05 Å². The van der Waals surface area contributed by atoms with Crippen molar-refractivity contribution in [2.24, 2.45) is 7.05 Å². The van der Waals surface area contributed by atoms with E-state index in [0.29, 0.717) is 17.3 Å². The zero-order chi connectivity index (χ0) is 17.3. The van der Waals surface area contributed by atoms with Crippen molar-refractivity contribution in [2.45, 2.75) is 46.6 Å². The zero-order valence-electron chi connectivity index (χ0n) is 14.3. The Hall–Kier alpha value is -2.44. The molecule has 0 aliphatic carbocycles. The maximum Gasteiger partial charge on any atom is 0.263 e. The lowest BCUT2D eigenvalue weighted by molar-refractivity contribution is 0.0931. The number of aryl methyl sites for hydroxylation is 2. The van der Waals surface area contributed by atoms with E-state index in [9.17, 15) is 9.59 Å². The number of hydrogen-bond acceptors (Lipinski definition) is 5. The predicted molar refractivity (Wildman–Crippen MR) is 85.4 cm³/mol. The fourth-order valence-corrected chi connectivity index (χ4v) is 2.24. The Kier molecular flexibility index (Phi) is 4.68. The Bertz CT molecular complexity index is 789. The van der Waals surface area contributed by atoms with Gasteiger partial charge in [-0.05, 0) is 32.4 Å². The first-order chi connectivity index (χ1) is 10.7. The lowest BCUT2D eigenvalue weighted by Crippen LogP contribution is -2.35. The van der Waals surface area contributed by atoms with E-state index >= 15 is 0 Å². The van der Waals surface area contributed by atoms with Crippen LogP contribution < -0.4 is 10.9 Å². The highest BCUT2D eigenvalue weighted by molar-refractivity contribution is 5.95. The minimum absolute atomic E-state index is 0.116. The fourth-order valence-electron chi connectivity index (χ4n) is 2.24. The summed E-state index contributed by atoms with van der Waals surface area (Å²) < 4.78 is 6.98. The van der Waals surface area contributed by atoms with Gasteiger partial charge < -0.3 is 14.3 Å². The largest absolute Gasteiger partial charge is 0.423 e. The molecule has 2 aromatic rings. The number of amides is 1. The smallest absolute Gasteiger partial charge is 0.263 e. The molecule has 124 valence electrons. The Balaban J connectivity index is 2.25. The van der Waals surface area contributed by atoms with Gasteiger partial charge in [-0.3, -0.25) is 9.59 Å². The molecule has 0 aliphatic rings. The van der Waals surface area contributed by atoms with Crippen LogP contribution in [-0.4, -0.2) is 20.7 Å². The summed E-state index contributed by atoms with van der Waals surface area (Å²) >= 11 is 0. The first-order valence-corrected chi connectivity index (χ1v) is 7.53. The molecule has 1 amide bonds. The van der Waals surface area contributed by atoms with Crippen LogP contribution in [0.2, 0.25) is 0 Å². The van der Waals surface area contributed by atoms with Crippen LogP contribution >= 0.6 is 0 Å². The number of hydrogen-bond donors (Lipinski definition) is 1. The molecule has 2 rings (SSSR count). The number of carbonyl (C=O) groups is 1. The summed E-state index contributed by atoms with van der Waals surface area (Å²) in [6.07, 6.45) is 0. The van der Waals surface area contributed by atoms with E-state index in [1.165, 1.54) is 4.57 Å². The van der Waals surface area contributed by atoms with Crippen LogP contribution in [0.25, 0.3) is 0 Å². The first-order valence-electron chi connectivity index (χ1n) is 7.53. The highest BCUT2D eigenvalue weighted by atomic mass is 16.4. The van der Waals surface area contributed by atoms with Crippen LogP contribution in [0.4, 0.5) is 0 Å². The number of rotatable bonds is 4. The average molecular weight is 318 g/mol. The highest BCUT2D eigenvalue weighted by Gasteiger charge is 2.22. The molecular weight excluding hydrogens is 296 g/mol. The fraction of sp³-hybridized carbons (Fsp3) is 0.500. The van der Waals surface area contributed by atoms with Crippen LogP contribution in [0.1, 0.15) is 66.1 Å². The summed E-state index contributed by atoms with van der Waals surface area (Å²) in [5.41, 5.74) is 1.26. The van der Waals surface area contributed by atoms with Crippen molar-refractivity contribution in [1.29, 1.82) is 0 Å². The molecule has 0 saturated heterocycles. The van der Waals surface area contributed by atoms with Crippen LogP contribution in [0.15, 0.2) is 15.3 Å². The Morgan fingerprint density at radius 3 is 2.39 bits per heavy atom. The number of nitrogens with zero attached hydrogens (tertiary/aromatic N) is 3. The van der Waals surface area contributed by atoms with E-state index in [-0.39, 0.29) is 17.0 Å². The molecule has 1 N–H and O–H groups in total. The molecule has 7 heteroatoms. The maximum absolute atomic E-state index is 12.5. The molecule has 2 heterocycles. The van der Waals surface area contributed by atoms with Gasteiger partial charge in [0, 0.05) is 18.7 Å². The van der Waals surface area contributed by atoms with Gasteiger partial charge >= 0.3 is 0 Å². The topological polar surface area (TPSA) is 90.0 Å². The second-order valence-corrected chi connectivity index (χ2v) is 6.04. The molecule has 23 heavy (non-hydrogen) atoms. The summed E-state index contributed by atoms with van der Waals surface area (Å²) in [6.45, 7) is 9.20. The van der Waals surface area contributed by atoms with Crippen molar-refractivity contribution in [2.75, 3.05) is 0 Å². The third kappa shape index (κ3) is 3.33. The Morgan fingerprint density at radius 2 is 1.83 bits per heavy atom. The standard InChI is InChI=1S/C16H22N4O3/c1-8(2)14-18-19-15(23-14)11(5)17-13(21)12-9(3)7-10(4)20(6)16(12)22/h7-8,11H,1-6H3,(H,17,21). The van der Waals surface area contributed by atoms with E-state index in [4.69, 9.17) is 4.42 Å². The van der Waals surface area contributed by atoms with Gasteiger partial charge in [-0.2, -0.15) is 0 Å². The van der Waals surface area contributed by atoms with Crippen LogP contribution in [0.3, 0.4) is 0 Å². The molecule has 0 saturated carbocycles. The molecule has 2 aromatic heterocycles. The number of pyridine rings is 1. The molecule has 0 spiro atoms. The van der Waals surface area contributed by atoms with E-state index in [1.54, 1.807) is 20.9 Å². The number of nitrogens with one attached hydrogen (secondary N) is 1. The minimum Gasteiger partial charge on any atom is -0.423 e. The third-order valence-corrected chi connectivity index (χ3v) is 3.76. The van der Waals surface area contributed by atoms with Gasteiger partial charge in [0.15, 0.2) is 0 Å². The maximum atomic E-state index is 12.5. The molecule has 0 fully saturated rings. The van der Waals surface area contributed by atoms with E-state index in [1.807, 2.05) is 26.8 Å². The van der Waals surface area contributed by atoms with Crippen molar-refractivity contribution >= 4 is 5.91 Å². The van der Waals surface area contributed by atoms with Crippen LogP contribution in [0, 0.1) is 13.8 Å². The Morgan fingerprint density at radius 1 is 1.22 bits per heavy atom. The van der Waals surface area contributed by atoms with Crippen molar-refractivity contribution in [3.05, 3.63) is 45.0 Å². The second kappa shape index (κ2) is 6.36. The van der Waals surface area contributed by atoms with Gasteiger partial charge in [-0.15, -0.1) is 10.2 Å². The molecule has 7 nitrogen and oxygen atoms in total. The molecule has 0 radical (unpaired) electrons. The third-order valence-electron chi connectivity index (χ3n) is 3.76. The summed E-state index contributed by atoms with van der Waals surface area (Å²) in [5, 5.41) is 10.6. The molecule has 1 unspecified atom stereocenters. The van der Waals surface area contributed by atoms with Gasteiger partial charge in [0.1, 0.15) is 11.6 Å². The summed E-state index contributed by atoms with van der Waals surface area (Å²) in [6, 6.07) is 1.33. The van der Waals surface area contributed by atoms with Crippen molar-refractivity contribution in [3.8, 4) is 0 Å². The Labute approximate surface area is 134 Å². The average Bonchev–Trinajstić information content (AvgIpc) is 2.95. The molecule has 0 aromatic carbocycles. The summed E-state index contributed by atoms with van der Waals surface area (Å²) in [7, 11) is 1.64. The minimum atomic E-state index is -0.479. The number of carbonyl (C=O) groups excluding carboxylic acids is 1. The predicted octanol–water partition coefficient (Wildman–Crippen LogP) is 2.00. The summed E-state index contributed by atoms with van der Waals surface area (Å²) in [5.74, 6) is 0.512. The molecular formula is C16H22N4O3. The monoisotopic (exact) mass is 318 g/mol. The second-order valence-electron chi connectivity index (χ2n) is 6.04. The summed E-state index contributed by atoms with van der Waals surface area (Å²) in [4.78, 5) is 24.8. The SMILES string of the molecule is Cc1cc(C)n(C)c(=O)c1C(=O)NC(C)c1nnc(C(C)C)o1. The van der Waals surface area contributed by atoms with Crippen molar-refractivity contribution < 1.29 is 9.21 Å². The van der Waals surface area contributed by atoms with Crippen LogP contribution in [0.5, 0.6) is 0 Å². The quantitative estimate of drug-likeness (QED) is 0.931. The lowest BCUT2D eigenvalue weighted by atomic mass is 10.1. The van der Waals surface area contributed by atoms with E-state index in [2.05, 4.69) is 15.5 Å². The first kappa shape index (κ1) is 16.9. The molecule has 0 bridgehead atoms. The zero-order valence-corrected chi connectivity index (χ0v) is 14.3. The molecule has 0 aliphatic heterocycles. The van der Waals surface area contributed by atoms with Crippen molar-refractivity contribution in [1.82, 2.24) is 20.1 Å². The van der Waals surface area contributed by atoms with Gasteiger partial charge in [0.2, 0.25) is 11.8 Å². The van der Waals surface area contributed by atoms with Gasteiger partial charge in [0.25, 0.3) is 11.5 Å². The normalized spacial score (nSPS) is 12.5. The van der Waals surface area contributed by atoms with Gasteiger partial charge in [-0.1, -0.05) is 13.8 Å². The van der Waals surface area contributed by atoms with Gasteiger partial charge in [-0.25, -0.2) is 0 Å². The highest BCUT2D eigenvalue weighted by Crippen LogP contribution is 2.17. The van der Waals surface area contributed by atoms with Gasteiger partial charge in [0.05, 0.1) is 0 Å². The van der Waals surface area contributed by atoms with Crippen molar-refractivity contribution in [3.63, 3.8) is 0 Å². The van der Waals surface area contributed by atoms with E-state index < -0.39 is 11.9 Å². The molecule has 1 atom stereocenters. The lowest BCUT2D eigenvalue weighted by Gasteiger charge is -2.13. The van der Waals surface area contributed by atoms with E-state index in [0.717, 1.165) is 5.69 Å². The number of aromatic nitrogens is 3.